The molecule has 3 fully saturated rings. The van der Waals surface area contributed by atoms with Crippen LogP contribution in [0.1, 0.15) is 32.1 Å². The van der Waals surface area contributed by atoms with Gasteiger partial charge in [-0.05, 0) is 37.0 Å². The van der Waals surface area contributed by atoms with Crippen molar-refractivity contribution >= 4 is 16.1 Å². The molecule has 0 radical (unpaired) electrons. The number of amides is 1. The minimum atomic E-state index is -3.65. The molecule has 6 nitrogen and oxygen atoms in total. The lowest BCUT2D eigenvalue weighted by molar-refractivity contribution is -0.137. The highest BCUT2D eigenvalue weighted by molar-refractivity contribution is 7.87. The van der Waals surface area contributed by atoms with Crippen molar-refractivity contribution in [1.29, 1.82) is 0 Å². The maximum atomic E-state index is 12.1. The number of carbonyl (C=O) groups excluding carboxylic acids is 1. The maximum Gasteiger partial charge on any atom is 0.274 e. The number of likely N-dealkylation sites (tertiary alicyclic amines) is 1. The number of hydrogen-bond acceptors (Lipinski definition) is 3. The van der Waals surface area contributed by atoms with Crippen LogP contribution in [0.4, 0.5) is 0 Å². The van der Waals surface area contributed by atoms with Crippen molar-refractivity contribution in [3.05, 3.63) is 0 Å². The van der Waals surface area contributed by atoms with Crippen molar-refractivity contribution in [2.45, 2.75) is 38.1 Å². The highest BCUT2D eigenvalue weighted by atomic mass is 32.2. The zero-order valence-electron chi connectivity index (χ0n) is 10.9. The molecule has 0 aromatic carbocycles. The topological polar surface area (TPSA) is 92.5 Å². The number of rotatable bonds is 4. The van der Waals surface area contributed by atoms with Gasteiger partial charge in [0.05, 0.1) is 6.04 Å². The van der Waals surface area contributed by atoms with E-state index in [0.29, 0.717) is 25.4 Å². The van der Waals surface area contributed by atoms with Gasteiger partial charge in [-0.25, -0.2) is 5.14 Å². The first-order chi connectivity index (χ1) is 8.90. The fourth-order valence-corrected chi connectivity index (χ4v) is 4.58. The van der Waals surface area contributed by atoms with Crippen LogP contribution in [0.15, 0.2) is 0 Å². The molecule has 1 saturated heterocycles. The van der Waals surface area contributed by atoms with Crippen LogP contribution in [0.5, 0.6) is 0 Å². The number of hydrogen-bond donors (Lipinski definition) is 2. The Balaban J connectivity index is 1.43. The smallest absolute Gasteiger partial charge is 0.274 e. The van der Waals surface area contributed by atoms with E-state index in [0.717, 1.165) is 11.8 Å². The summed E-state index contributed by atoms with van der Waals surface area (Å²) in [4.78, 5) is 13.8. The molecule has 108 valence electrons. The van der Waals surface area contributed by atoms with Crippen LogP contribution in [0, 0.1) is 17.8 Å². The van der Waals surface area contributed by atoms with Crippen LogP contribution < -0.4 is 9.86 Å². The van der Waals surface area contributed by atoms with Gasteiger partial charge in [0.25, 0.3) is 10.2 Å². The third kappa shape index (κ3) is 2.93. The molecule has 0 aromatic heterocycles. The first kappa shape index (κ1) is 13.3. The summed E-state index contributed by atoms with van der Waals surface area (Å²) in [5, 5.41) is 4.90. The standard InChI is InChI=1S/C12H21N3O3S/c13-19(17,18)14-11-6-15(7-11)12(16)5-10-4-8-1-2-9(10)3-8/h8-11,14H,1-7H2,(H2,13,17,18). The molecule has 1 aliphatic heterocycles. The molecule has 3 aliphatic rings. The van der Waals surface area contributed by atoms with Gasteiger partial charge in [0.15, 0.2) is 0 Å². The molecule has 0 spiro atoms. The second-order valence-corrected chi connectivity index (χ2v) is 7.62. The minimum Gasteiger partial charge on any atom is -0.339 e. The Bertz CT molecular complexity index is 473. The molecule has 7 heteroatoms. The first-order valence-corrected chi connectivity index (χ1v) is 8.53. The van der Waals surface area contributed by atoms with Crippen molar-refractivity contribution in [3.8, 4) is 0 Å². The molecule has 3 N–H and O–H groups in total. The highest BCUT2D eigenvalue weighted by Crippen LogP contribution is 2.49. The zero-order valence-corrected chi connectivity index (χ0v) is 11.7. The monoisotopic (exact) mass is 287 g/mol. The predicted octanol–water partition coefficient (Wildman–Crippen LogP) is -0.183. The predicted molar refractivity (Wildman–Crippen MR) is 70.2 cm³/mol. The van der Waals surface area contributed by atoms with E-state index < -0.39 is 10.2 Å². The fourth-order valence-electron chi connectivity index (χ4n) is 3.97. The Hall–Kier alpha value is -0.660. The van der Waals surface area contributed by atoms with Crippen LogP contribution in [0.2, 0.25) is 0 Å². The quantitative estimate of drug-likeness (QED) is 0.751. The molecule has 3 unspecified atom stereocenters. The van der Waals surface area contributed by atoms with Crippen LogP contribution in [0.25, 0.3) is 0 Å². The van der Waals surface area contributed by atoms with E-state index >= 15 is 0 Å². The average molecular weight is 287 g/mol. The second kappa shape index (κ2) is 4.71. The average Bonchev–Trinajstić information content (AvgIpc) is 2.82. The maximum absolute atomic E-state index is 12.1. The van der Waals surface area contributed by atoms with Gasteiger partial charge < -0.3 is 4.90 Å². The Labute approximate surface area is 113 Å². The second-order valence-electron chi connectivity index (χ2n) is 6.30. The Kier molecular flexibility index (Phi) is 3.31. The van der Waals surface area contributed by atoms with E-state index in [1.54, 1.807) is 4.90 Å². The molecule has 3 rings (SSSR count). The molecule has 0 aromatic rings. The van der Waals surface area contributed by atoms with E-state index in [1.165, 1.54) is 25.7 Å². The van der Waals surface area contributed by atoms with Crippen molar-refractivity contribution in [2.24, 2.45) is 22.9 Å². The van der Waals surface area contributed by atoms with Crippen molar-refractivity contribution in [1.82, 2.24) is 9.62 Å². The first-order valence-electron chi connectivity index (χ1n) is 6.98. The highest BCUT2D eigenvalue weighted by Gasteiger charge is 2.42. The van der Waals surface area contributed by atoms with Gasteiger partial charge in [0.1, 0.15) is 0 Å². The molecule has 1 amide bonds. The van der Waals surface area contributed by atoms with Gasteiger partial charge in [-0.2, -0.15) is 13.1 Å². The van der Waals surface area contributed by atoms with Gasteiger partial charge in [-0.3, -0.25) is 4.79 Å². The van der Waals surface area contributed by atoms with Gasteiger partial charge >= 0.3 is 0 Å². The number of nitrogens with zero attached hydrogens (tertiary/aromatic N) is 1. The summed E-state index contributed by atoms with van der Waals surface area (Å²) in [6.45, 7) is 0.909. The number of nitrogens with one attached hydrogen (secondary N) is 1. The normalized spacial score (nSPS) is 34.6. The summed E-state index contributed by atoms with van der Waals surface area (Å²) in [5.74, 6) is 2.35. The van der Waals surface area contributed by atoms with E-state index in [-0.39, 0.29) is 11.9 Å². The SMILES string of the molecule is NS(=O)(=O)NC1CN(C(=O)CC2CC3CCC2C3)C1. The molecule has 2 aliphatic carbocycles. The van der Waals surface area contributed by atoms with Gasteiger partial charge in [-0.1, -0.05) is 6.42 Å². The number of nitrogens with two attached hydrogens (primary N) is 1. The van der Waals surface area contributed by atoms with Gasteiger partial charge in [-0.15, -0.1) is 0 Å². The summed E-state index contributed by atoms with van der Waals surface area (Å²) in [6, 6.07) is -0.209. The summed E-state index contributed by atoms with van der Waals surface area (Å²) < 4.78 is 24.0. The number of fused-ring (bicyclic) bond motifs is 2. The summed E-state index contributed by atoms with van der Waals surface area (Å²) in [7, 11) is -3.65. The molecular formula is C12H21N3O3S. The largest absolute Gasteiger partial charge is 0.339 e. The Morgan fingerprint density at radius 1 is 1.26 bits per heavy atom. The molecule has 19 heavy (non-hydrogen) atoms. The fraction of sp³-hybridized carbons (Fsp3) is 0.917. The van der Waals surface area contributed by atoms with Crippen LogP contribution >= 0.6 is 0 Å². The van der Waals surface area contributed by atoms with Crippen molar-refractivity contribution in [2.75, 3.05) is 13.1 Å². The molecule has 1 heterocycles. The third-order valence-electron chi connectivity index (χ3n) is 4.89. The molecule has 2 saturated carbocycles. The number of carbonyl (C=O) groups is 1. The molecular weight excluding hydrogens is 266 g/mol. The molecule has 2 bridgehead atoms. The minimum absolute atomic E-state index is 0.171. The van der Waals surface area contributed by atoms with Gasteiger partial charge in [0, 0.05) is 19.5 Å². The summed E-state index contributed by atoms with van der Waals surface area (Å²) in [5.41, 5.74) is 0. The summed E-state index contributed by atoms with van der Waals surface area (Å²) >= 11 is 0. The zero-order chi connectivity index (χ0) is 13.6. The van der Waals surface area contributed by atoms with E-state index in [2.05, 4.69) is 4.72 Å². The van der Waals surface area contributed by atoms with E-state index in [9.17, 15) is 13.2 Å². The van der Waals surface area contributed by atoms with Gasteiger partial charge in [0.2, 0.25) is 5.91 Å². The van der Waals surface area contributed by atoms with Crippen molar-refractivity contribution < 1.29 is 13.2 Å². The lowest BCUT2D eigenvalue weighted by Gasteiger charge is -2.39. The third-order valence-corrected chi connectivity index (χ3v) is 5.55. The Morgan fingerprint density at radius 2 is 2.00 bits per heavy atom. The summed E-state index contributed by atoms with van der Waals surface area (Å²) in [6.07, 6.45) is 5.80. The lowest BCUT2D eigenvalue weighted by atomic mass is 9.86. The van der Waals surface area contributed by atoms with Crippen LogP contribution in [-0.4, -0.2) is 38.4 Å². The van der Waals surface area contributed by atoms with E-state index in [4.69, 9.17) is 5.14 Å². The van der Waals surface area contributed by atoms with Crippen LogP contribution in [0.3, 0.4) is 0 Å². The van der Waals surface area contributed by atoms with Crippen molar-refractivity contribution in [3.63, 3.8) is 0 Å². The molecule has 3 atom stereocenters. The van der Waals surface area contributed by atoms with Crippen LogP contribution in [-0.2, 0) is 15.0 Å². The van der Waals surface area contributed by atoms with E-state index in [1.807, 2.05) is 0 Å². The Morgan fingerprint density at radius 3 is 2.53 bits per heavy atom. The lowest BCUT2D eigenvalue weighted by Crippen LogP contribution is -2.61.